The average Bonchev–Trinajstić information content (AvgIpc) is 2.70. The van der Waals surface area contributed by atoms with E-state index in [2.05, 4.69) is 13.8 Å². The van der Waals surface area contributed by atoms with Crippen molar-refractivity contribution in [3.05, 3.63) is 29.8 Å². The standard InChI is InChI=1S/C14H20N2O/c1-3-13-9-4-10(2)16(13)14(17)11-5-7-12(15)8-6-11/h5-8,10,13H,3-4,9,15H2,1-2H3. The fourth-order valence-corrected chi connectivity index (χ4v) is 2.61. The fourth-order valence-electron chi connectivity index (χ4n) is 2.61. The molecule has 1 amide bonds. The van der Waals surface area contributed by atoms with E-state index >= 15 is 0 Å². The highest BCUT2D eigenvalue weighted by molar-refractivity contribution is 5.95. The molecular formula is C14H20N2O. The normalized spacial score (nSPS) is 24.0. The molecule has 1 heterocycles. The minimum atomic E-state index is 0.141. The van der Waals surface area contributed by atoms with Crippen molar-refractivity contribution in [2.45, 2.75) is 45.2 Å². The van der Waals surface area contributed by atoms with Gasteiger partial charge in [0.25, 0.3) is 5.91 Å². The molecule has 2 atom stereocenters. The molecule has 2 rings (SSSR count). The molecule has 1 aliphatic rings. The van der Waals surface area contributed by atoms with E-state index in [1.807, 2.05) is 17.0 Å². The number of hydrogen-bond donors (Lipinski definition) is 1. The van der Waals surface area contributed by atoms with Crippen LogP contribution in [0.1, 0.15) is 43.5 Å². The largest absolute Gasteiger partial charge is 0.399 e. The second-order valence-electron chi connectivity index (χ2n) is 4.82. The summed E-state index contributed by atoms with van der Waals surface area (Å²) >= 11 is 0. The zero-order valence-electron chi connectivity index (χ0n) is 10.5. The van der Waals surface area contributed by atoms with Crippen LogP contribution in [0.4, 0.5) is 5.69 Å². The van der Waals surface area contributed by atoms with Gasteiger partial charge in [-0.05, 0) is 50.5 Å². The van der Waals surface area contributed by atoms with Gasteiger partial charge in [0, 0.05) is 23.3 Å². The van der Waals surface area contributed by atoms with Crippen molar-refractivity contribution in [1.82, 2.24) is 4.90 Å². The van der Waals surface area contributed by atoms with E-state index in [9.17, 15) is 4.79 Å². The number of benzene rings is 1. The van der Waals surface area contributed by atoms with Crippen LogP contribution in [0.3, 0.4) is 0 Å². The van der Waals surface area contributed by atoms with Crippen molar-refractivity contribution < 1.29 is 4.79 Å². The van der Waals surface area contributed by atoms with E-state index in [-0.39, 0.29) is 5.91 Å². The van der Waals surface area contributed by atoms with Crippen molar-refractivity contribution in [2.75, 3.05) is 5.73 Å². The van der Waals surface area contributed by atoms with Crippen LogP contribution in [0.15, 0.2) is 24.3 Å². The third kappa shape index (κ3) is 2.28. The Morgan fingerprint density at radius 3 is 2.59 bits per heavy atom. The third-order valence-electron chi connectivity index (χ3n) is 3.65. The summed E-state index contributed by atoms with van der Waals surface area (Å²) < 4.78 is 0. The van der Waals surface area contributed by atoms with Crippen LogP contribution in [0.5, 0.6) is 0 Å². The number of rotatable bonds is 2. The van der Waals surface area contributed by atoms with Gasteiger partial charge in [-0.2, -0.15) is 0 Å². The number of nitrogens with zero attached hydrogens (tertiary/aromatic N) is 1. The first-order valence-electron chi connectivity index (χ1n) is 6.31. The van der Waals surface area contributed by atoms with Gasteiger partial charge in [-0.25, -0.2) is 0 Å². The van der Waals surface area contributed by atoms with Gasteiger partial charge in [-0.1, -0.05) is 6.92 Å². The molecule has 0 saturated carbocycles. The zero-order valence-corrected chi connectivity index (χ0v) is 10.5. The average molecular weight is 232 g/mol. The highest BCUT2D eigenvalue weighted by atomic mass is 16.2. The highest BCUT2D eigenvalue weighted by Crippen LogP contribution is 2.27. The van der Waals surface area contributed by atoms with Crippen LogP contribution in [0.25, 0.3) is 0 Å². The maximum Gasteiger partial charge on any atom is 0.254 e. The summed E-state index contributed by atoms with van der Waals surface area (Å²) in [6, 6.07) is 7.95. The van der Waals surface area contributed by atoms with Gasteiger partial charge in [0.05, 0.1) is 0 Å². The van der Waals surface area contributed by atoms with Crippen LogP contribution >= 0.6 is 0 Å². The lowest BCUT2D eigenvalue weighted by Crippen LogP contribution is -2.39. The molecule has 0 aromatic heterocycles. The molecule has 0 radical (unpaired) electrons. The Balaban J connectivity index is 2.21. The smallest absolute Gasteiger partial charge is 0.254 e. The Hall–Kier alpha value is -1.51. The fraction of sp³-hybridized carbons (Fsp3) is 0.500. The Kier molecular flexibility index (Phi) is 3.36. The Morgan fingerprint density at radius 1 is 1.35 bits per heavy atom. The number of carbonyl (C=O) groups excluding carboxylic acids is 1. The van der Waals surface area contributed by atoms with Gasteiger partial charge in [0.2, 0.25) is 0 Å². The highest BCUT2D eigenvalue weighted by Gasteiger charge is 2.33. The lowest BCUT2D eigenvalue weighted by Gasteiger charge is -2.28. The molecule has 2 N–H and O–H groups in total. The molecule has 3 nitrogen and oxygen atoms in total. The first kappa shape index (κ1) is 12.0. The second kappa shape index (κ2) is 4.78. The van der Waals surface area contributed by atoms with Crippen LogP contribution < -0.4 is 5.73 Å². The second-order valence-corrected chi connectivity index (χ2v) is 4.82. The van der Waals surface area contributed by atoms with E-state index in [0.717, 1.165) is 24.8 Å². The predicted octanol–water partition coefficient (Wildman–Crippen LogP) is 2.67. The number of anilines is 1. The molecule has 1 aromatic rings. The van der Waals surface area contributed by atoms with Crippen LogP contribution in [0, 0.1) is 0 Å². The number of nitrogen functional groups attached to an aromatic ring is 1. The molecule has 0 spiro atoms. The van der Waals surface area contributed by atoms with Gasteiger partial charge < -0.3 is 10.6 Å². The van der Waals surface area contributed by atoms with Gasteiger partial charge in [-0.15, -0.1) is 0 Å². The topological polar surface area (TPSA) is 46.3 Å². The minimum absolute atomic E-state index is 0.141. The van der Waals surface area contributed by atoms with Crippen molar-refractivity contribution in [3.8, 4) is 0 Å². The lowest BCUT2D eigenvalue weighted by molar-refractivity contribution is 0.0676. The van der Waals surface area contributed by atoms with E-state index in [4.69, 9.17) is 5.73 Å². The summed E-state index contributed by atoms with van der Waals surface area (Å²) in [4.78, 5) is 14.5. The van der Waals surface area contributed by atoms with Crippen molar-refractivity contribution in [2.24, 2.45) is 0 Å². The molecule has 1 aliphatic heterocycles. The Morgan fingerprint density at radius 2 is 2.00 bits per heavy atom. The quantitative estimate of drug-likeness (QED) is 0.797. The van der Waals surface area contributed by atoms with E-state index in [1.54, 1.807) is 12.1 Å². The first-order valence-corrected chi connectivity index (χ1v) is 6.31. The molecule has 1 saturated heterocycles. The number of nitrogens with two attached hydrogens (primary N) is 1. The summed E-state index contributed by atoms with van der Waals surface area (Å²) in [5.41, 5.74) is 7.08. The third-order valence-corrected chi connectivity index (χ3v) is 3.65. The van der Waals surface area contributed by atoms with Gasteiger partial charge in [0.1, 0.15) is 0 Å². The lowest BCUT2D eigenvalue weighted by atomic mass is 10.1. The van der Waals surface area contributed by atoms with E-state index in [0.29, 0.717) is 17.8 Å². The molecule has 2 unspecified atom stereocenters. The summed E-state index contributed by atoms with van der Waals surface area (Å²) in [5, 5.41) is 0. The summed E-state index contributed by atoms with van der Waals surface area (Å²) in [7, 11) is 0. The summed E-state index contributed by atoms with van der Waals surface area (Å²) in [6.45, 7) is 4.27. The molecule has 92 valence electrons. The number of amides is 1. The van der Waals surface area contributed by atoms with E-state index < -0.39 is 0 Å². The number of carbonyl (C=O) groups is 1. The summed E-state index contributed by atoms with van der Waals surface area (Å²) in [6.07, 6.45) is 3.27. The molecule has 17 heavy (non-hydrogen) atoms. The van der Waals surface area contributed by atoms with Crippen molar-refractivity contribution in [1.29, 1.82) is 0 Å². The molecular weight excluding hydrogens is 212 g/mol. The van der Waals surface area contributed by atoms with Gasteiger partial charge >= 0.3 is 0 Å². The molecule has 1 aromatic carbocycles. The number of hydrogen-bond acceptors (Lipinski definition) is 2. The molecule has 0 bridgehead atoms. The van der Waals surface area contributed by atoms with Crippen LogP contribution in [0.2, 0.25) is 0 Å². The van der Waals surface area contributed by atoms with Gasteiger partial charge in [-0.3, -0.25) is 4.79 Å². The first-order chi connectivity index (χ1) is 8.13. The van der Waals surface area contributed by atoms with Gasteiger partial charge in [0.15, 0.2) is 0 Å². The van der Waals surface area contributed by atoms with Crippen LogP contribution in [-0.2, 0) is 0 Å². The minimum Gasteiger partial charge on any atom is -0.399 e. The van der Waals surface area contributed by atoms with E-state index in [1.165, 1.54) is 0 Å². The Bertz CT molecular complexity index is 399. The summed E-state index contributed by atoms with van der Waals surface area (Å²) in [5.74, 6) is 0.141. The zero-order chi connectivity index (χ0) is 12.4. The van der Waals surface area contributed by atoms with Crippen molar-refractivity contribution in [3.63, 3.8) is 0 Å². The number of likely N-dealkylation sites (tertiary alicyclic amines) is 1. The molecule has 0 aliphatic carbocycles. The van der Waals surface area contributed by atoms with Crippen LogP contribution in [-0.4, -0.2) is 22.9 Å². The Labute approximate surface area is 103 Å². The SMILES string of the molecule is CCC1CCC(C)N1C(=O)c1ccc(N)cc1. The predicted molar refractivity (Wildman–Crippen MR) is 69.8 cm³/mol. The maximum absolute atomic E-state index is 12.4. The molecule has 1 fully saturated rings. The monoisotopic (exact) mass is 232 g/mol. The molecule has 3 heteroatoms. The maximum atomic E-state index is 12.4. The van der Waals surface area contributed by atoms with Crippen molar-refractivity contribution >= 4 is 11.6 Å².